The molecule has 19 heavy (non-hydrogen) atoms. The molecule has 0 amide bonds. The van der Waals surface area contributed by atoms with Gasteiger partial charge in [0.2, 0.25) is 0 Å². The van der Waals surface area contributed by atoms with Crippen LogP contribution in [0.15, 0.2) is 46.9 Å². The fourth-order valence-electron chi connectivity index (χ4n) is 1.65. The largest absolute Gasteiger partial charge is 0.489 e. The van der Waals surface area contributed by atoms with E-state index >= 15 is 0 Å². The summed E-state index contributed by atoms with van der Waals surface area (Å²) in [5.41, 5.74) is 2.00. The molecule has 0 N–H and O–H groups in total. The van der Waals surface area contributed by atoms with Gasteiger partial charge in [-0.3, -0.25) is 0 Å². The molecule has 0 aliphatic carbocycles. The van der Waals surface area contributed by atoms with Gasteiger partial charge in [-0.25, -0.2) is 4.39 Å². The zero-order valence-electron chi connectivity index (χ0n) is 10.9. The lowest BCUT2D eigenvalue weighted by atomic mass is 10.2. The smallest absolute Gasteiger partial charge is 0.137 e. The highest BCUT2D eigenvalue weighted by molar-refractivity contribution is 9.10. The Hall–Kier alpha value is -1.55. The molecule has 2 aromatic rings. The second kappa shape index (κ2) is 6.06. The van der Waals surface area contributed by atoms with E-state index in [9.17, 15) is 4.39 Å². The molecule has 0 aliphatic heterocycles. The number of ether oxygens (including phenoxy) is 1. The molecule has 2 nitrogen and oxygen atoms in total. The maximum Gasteiger partial charge on any atom is 0.137 e. The molecule has 0 atom stereocenters. The van der Waals surface area contributed by atoms with Gasteiger partial charge in [0.15, 0.2) is 0 Å². The summed E-state index contributed by atoms with van der Waals surface area (Å²) >= 11 is 3.17. The Morgan fingerprint density at radius 1 is 1.16 bits per heavy atom. The van der Waals surface area contributed by atoms with Crippen LogP contribution in [0.4, 0.5) is 10.1 Å². The summed E-state index contributed by atoms with van der Waals surface area (Å²) in [6, 6.07) is 12.7. The lowest BCUT2D eigenvalue weighted by Crippen LogP contribution is -2.08. The first-order valence-corrected chi connectivity index (χ1v) is 6.69. The van der Waals surface area contributed by atoms with E-state index in [1.807, 2.05) is 43.3 Å². The van der Waals surface area contributed by atoms with Gasteiger partial charge in [-0.1, -0.05) is 12.1 Å². The average molecular weight is 324 g/mol. The molecule has 0 saturated heterocycles. The maximum absolute atomic E-state index is 13.1. The molecular formula is C15H15BrFNO. The van der Waals surface area contributed by atoms with Crippen LogP contribution in [0.25, 0.3) is 0 Å². The van der Waals surface area contributed by atoms with E-state index in [2.05, 4.69) is 15.9 Å². The number of halogens is 2. The van der Waals surface area contributed by atoms with Gasteiger partial charge in [0.25, 0.3) is 0 Å². The maximum atomic E-state index is 13.1. The van der Waals surface area contributed by atoms with Crippen molar-refractivity contribution in [2.45, 2.75) is 6.61 Å². The summed E-state index contributed by atoms with van der Waals surface area (Å²) in [7, 11) is 3.96. The highest BCUT2D eigenvalue weighted by Crippen LogP contribution is 2.22. The normalized spacial score (nSPS) is 10.3. The molecule has 0 spiro atoms. The summed E-state index contributed by atoms with van der Waals surface area (Å²) in [4.78, 5) is 2.02. The minimum absolute atomic E-state index is 0.265. The fraction of sp³-hybridized carbons (Fsp3) is 0.200. The van der Waals surface area contributed by atoms with E-state index in [0.29, 0.717) is 11.1 Å². The first kappa shape index (κ1) is 13.9. The van der Waals surface area contributed by atoms with Gasteiger partial charge in [-0.15, -0.1) is 0 Å². The summed E-state index contributed by atoms with van der Waals surface area (Å²) in [6.45, 7) is 0.412. The fourth-order valence-corrected chi connectivity index (χ4v) is 2.07. The molecular weight excluding hydrogens is 309 g/mol. The highest BCUT2D eigenvalue weighted by atomic mass is 79.9. The Balaban J connectivity index is 2.05. The van der Waals surface area contributed by atoms with Crippen molar-refractivity contribution in [1.82, 2.24) is 0 Å². The minimum Gasteiger partial charge on any atom is -0.489 e. The second-order valence-corrected chi connectivity index (χ2v) is 5.28. The van der Waals surface area contributed by atoms with Crippen LogP contribution in [-0.2, 0) is 6.61 Å². The number of nitrogens with zero attached hydrogens (tertiary/aromatic N) is 1. The van der Waals surface area contributed by atoms with Crippen LogP contribution in [0.5, 0.6) is 5.75 Å². The van der Waals surface area contributed by atoms with Crippen LogP contribution >= 0.6 is 15.9 Å². The lowest BCUT2D eigenvalue weighted by molar-refractivity contribution is 0.306. The average Bonchev–Trinajstić information content (AvgIpc) is 2.40. The molecule has 2 rings (SSSR count). The Bertz CT molecular complexity index is 572. The minimum atomic E-state index is -0.265. The molecule has 0 saturated carbocycles. The van der Waals surface area contributed by atoms with Gasteiger partial charge >= 0.3 is 0 Å². The predicted molar refractivity (Wildman–Crippen MR) is 79.2 cm³/mol. The van der Waals surface area contributed by atoms with Crippen LogP contribution in [0.2, 0.25) is 0 Å². The van der Waals surface area contributed by atoms with Crippen LogP contribution in [-0.4, -0.2) is 14.1 Å². The van der Waals surface area contributed by atoms with Crippen molar-refractivity contribution in [2.75, 3.05) is 19.0 Å². The number of rotatable bonds is 4. The van der Waals surface area contributed by atoms with E-state index < -0.39 is 0 Å². The van der Waals surface area contributed by atoms with E-state index in [1.165, 1.54) is 6.07 Å². The molecule has 0 bridgehead atoms. The van der Waals surface area contributed by atoms with E-state index in [1.54, 1.807) is 12.1 Å². The number of hydrogen-bond acceptors (Lipinski definition) is 2. The van der Waals surface area contributed by atoms with Gasteiger partial charge in [0, 0.05) is 25.8 Å². The lowest BCUT2D eigenvalue weighted by Gasteiger charge is -2.14. The monoisotopic (exact) mass is 323 g/mol. The Kier molecular flexibility index (Phi) is 4.43. The van der Waals surface area contributed by atoms with Crippen LogP contribution in [0.3, 0.4) is 0 Å². The zero-order chi connectivity index (χ0) is 13.8. The van der Waals surface area contributed by atoms with Gasteiger partial charge in [-0.05, 0) is 45.8 Å². The van der Waals surface area contributed by atoms with Crippen molar-refractivity contribution in [1.29, 1.82) is 0 Å². The van der Waals surface area contributed by atoms with Gasteiger partial charge in [-0.2, -0.15) is 0 Å². The van der Waals surface area contributed by atoms with E-state index in [-0.39, 0.29) is 5.82 Å². The van der Waals surface area contributed by atoms with E-state index in [4.69, 9.17) is 4.74 Å². The van der Waals surface area contributed by atoms with Crippen LogP contribution in [0, 0.1) is 5.82 Å². The molecule has 0 radical (unpaired) electrons. The summed E-state index contributed by atoms with van der Waals surface area (Å²) < 4.78 is 19.3. The summed E-state index contributed by atoms with van der Waals surface area (Å²) in [5.74, 6) is 0.532. The predicted octanol–water partition coefficient (Wildman–Crippen LogP) is 4.23. The van der Waals surface area contributed by atoms with Gasteiger partial charge in [0.05, 0.1) is 4.47 Å². The Morgan fingerprint density at radius 3 is 2.63 bits per heavy atom. The van der Waals surface area contributed by atoms with Crippen molar-refractivity contribution in [3.8, 4) is 5.75 Å². The third-order valence-electron chi connectivity index (χ3n) is 2.72. The first-order chi connectivity index (χ1) is 9.06. The van der Waals surface area contributed by atoms with Crippen molar-refractivity contribution in [3.05, 3.63) is 58.3 Å². The van der Waals surface area contributed by atoms with Gasteiger partial charge in [0.1, 0.15) is 18.2 Å². The molecule has 0 fully saturated rings. The molecule has 0 heterocycles. The summed E-state index contributed by atoms with van der Waals surface area (Å²) in [5, 5.41) is 0. The second-order valence-electron chi connectivity index (χ2n) is 4.43. The quantitative estimate of drug-likeness (QED) is 0.834. The van der Waals surface area contributed by atoms with Crippen molar-refractivity contribution >= 4 is 21.6 Å². The molecule has 4 heteroatoms. The third-order valence-corrected chi connectivity index (χ3v) is 3.33. The zero-order valence-corrected chi connectivity index (χ0v) is 12.4. The molecule has 100 valence electrons. The third kappa shape index (κ3) is 3.70. The van der Waals surface area contributed by atoms with Crippen molar-refractivity contribution < 1.29 is 9.13 Å². The van der Waals surface area contributed by atoms with Crippen LogP contribution < -0.4 is 9.64 Å². The highest BCUT2D eigenvalue weighted by Gasteiger charge is 2.02. The molecule has 0 aromatic heterocycles. The number of anilines is 1. The van der Waals surface area contributed by atoms with Crippen molar-refractivity contribution in [3.63, 3.8) is 0 Å². The summed E-state index contributed by atoms with van der Waals surface area (Å²) in [6.07, 6.45) is 0. The van der Waals surface area contributed by atoms with Gasteiger partial charge < -0.3 is 9.64 Å². The Morgan fingerprint density at radius 2 is 1.95 bits per heavy atom. The SMILES string of the molecule is CN(C)c1cccc(OCc2ccc(F)c(Br)c2)c1. The number of hydrogen-bond donors (Lipinski definition) is 0. The topological polar surface area (TPSA) is 12.5 Å². The molecule has 2 aromatic carbocycles. The van der Waals surface area contributed by atoms with E-state index in [0.717, 1.165) is 17.0 Å². The first-order valence-electron chi connectivity index (χ1n) is 5.90. The standard InChI is InChI=1S/C15H15BrFNO/c1-18(2)12-4-3-5-13(9-12)19-10-11-6-7-15(17)14(16)8-11/h3-9H,10H2,1-2H3. The number of benzene rings is 2. The molecule has 0 unspecified atom stereocenters. The molecule has 0 aliphatic rings. The van der Waals surface area contributed by atoms with Crippen LogP contribution in [0.1, 0.15) is 5.56 Å². The van der Waals surface area contributed by atoms with Crippen molar-refractivity contribution in [2.24, 2.45) is 0 Å². The Labute approximate surface area is 120 Å².